The smallest absolute Gasteiger partial charge is 0.0347 e. The normalized spacial score (nSPS) is 12.3. The molecule has 0 heterocycles. The van der Waals surface area contributed by atoms with Crippen LogP contribution in [0.3, 0.4) is 0 Å². The van der Waals surface area contributed by atoms with E-state index in [-0.39, 0.29) is 0 Å². The molecule has 0 aliphatic rings. The molecule has 2 aromatic carbocycles. The van der Waals surface area contributed by atoms with Crippen LogP contribution in [0.2, 0.25) is 0 Å². The molecule has 0 saturated heterocycles. The Morgan fingerprint density at radius 1 is 0.875 bits per heavy atom. The molecule has 2 aromatic rings. The second kappa shape index (κ2) is 4.84. The van der Waals surface area contributed by atoms with E-state index in [0.29, 0.717) is 0 Å². The van der Waals surface area contributed by atoms with E-state index in [1.807, 2.05) is 38.1 Å². The third-order valence-corrected chi connectivity index (χ3v) is 3.17. The van der Waals surface area contributed by atoms with E-state index in [1.165, 1.54) is 11.1 Å². The average molecular weight is 276 g/mol. The van der Waals surface area contributed by atoms with Crippen molar-refractivity contribution in [2.24, 2.45) is 0 Å². The Hall–Kier alpha value is -1.08. The van der Waals surface area contributed by atoms with Gasteiger partial charge >= 0.3 is 0 Å². The van der Waals surface area contributed by atoms with E-state index in [1.54, 1.807) is 0 Å². The lowest BCUT2D eigenvalue weighted by Crippen LogP contribution is -1.86. The van der Waals surface area contributed by atoms with Gasteiger partial charge in [0.1, 0.15) is 0 Å². The van der Waals surface area contributed by atoms with E-state index in [9.17, 15) is 0 Å². The Bertz CT molecular complexity index is 492. The maximum atomic E-state index is 7.97. The lowest BCUT2D eigenvalue weighted by atomic mass is 9.99. The molecule has 0 atom stereocenters. The van der Waals surface area contributed by atoms with E-state index < -0.39 is 5.89 Å². The lowest BCUT2D eigenvalue weighted by Gasteiger charge is -2.07. The second-order valence-electron chi connectivity index (χ2n) is 4.08. The van der Waals surface area contributed by atoms with Gasteiger partial charge in [0, 0.05) is 5.84 Å². The van der Waals surface area contributed by atoms with Crippen LogP contribution >= 0.6 is 15.9 Å². The largest absolute Gasteiger partial charge is 0.0587 e. The Morgan fingerprint density at radius 2 is 1.31 bits per heavy atom. The van der Waals surface area contributed by atoms with Gasteiger partial charge in [-0.2, -0.15) is 0 Å². The maximum Gasteiger partial charge on any atom is 0.0347 e. The van der Waals surface area contributed by atoms with Crippen LogP contribution in [-0.4, -0.2) is 0 Å². The molecular formula is C15H15Br. The molecule has 0 aromatic heterocycles. The van der Waals surface area contributed by atoms with Crippen molar-refractivity contribution in [2.45, 2.75) is 19.7 Å². The minimum Gasteiger partial charge on any atom is -0.0587 e. The number of hydrogen-bond acceptors (Lipinski definition) is 0. The molecule has 0 aliphatic heterocycles. The van der Waals surface area contributed by atoms with Crippen molar-refractivity contribution in [1.82, 2.24) is 0 Å². The summed E-state index contributed by atoms with van der Waals surface area (Å²) in [6, 6.07) is 16.5. The summed E-state index contributed by atoms with van der Waals surface area (Å²) in [5.41, 5.74) is 3.42. The van der Waals surface area contributed by atoms with Gasteiger partial charge in [-0.25, -0.2) is 0 Å². The second-order valence-corrected chi connectivity index (χ2v) is 5.00. The predicted molar refractivity (Wildman–Crippen MR) is 73.7 cm³/mol. The van der Waals surface area contributed by atoms with Crippen molar-refractivity contribution in [3.05, 3.63) is 58.6 Å². The van der Waals surface area contributed by atoms with Gasteiger partial charge in [-0.05, 0) is 34.7 Å². The maximum absolute atomic E-state index is 7.97. The lowest BCUT2D eigenvalue weighted by molar-refractivity contribution is 0.867. The van der Waals surface area contributed by atoms with Crippen LogP contribution in [-0.2, 0) is 0 Å². The van der Waals surface area contributed by atoms with E-state index in [0.717, 1.165) is 10.0 Å². The number of rotatable bonds is 2. The number of hydrogen-bond donors (Lipinski definition) is 0. The summed E-state index contributed by atoms with van der Waals surface area (Å²) in [7, 11) is 0. The number of benzene rings is 2. The van der Waals surface area contributed by atoms with Crippen LogP contribution in [0.4, 0.5) is 0 Å². The highest BCUT2D eigenvalue weighted by atomic mass is 79.9. The summed E-state index contributed by atoms with van der Waals surface area (Å²) in [4.78, 5) is 0. The zero-order valence-corrected chi connectivity index (χ0v) is 11.1. The first-order chi connectivity index (χ1) is 7.97. The Balaban J connectivity index is 2.33. The van der Waals surface area contributed by atoms with Gasteiger partial charge in [0.2, 0.25) is 0 Å². The topological polar surface area (TPSA) is 0 Å². The molecule has 0 amide bonds. The molecule has 16 heavy (non-hydrogen) atoms. The molecule has 0 radical (unpaired) electrons. The van der Waals surface area contributed by atoms with Crippen LogP contribution < -0.4 is 0 Å². The fraction of sp³-hybridized carbons (Fsp3) is 0.200. The zero-order chi connectivity index (χ0) is 12.5. The minimum absolute atomic E-state index is 0.530. The summed E-state index contributed by atoms with van der Waals surface area (Å²) in [6.07, 6.45) is 0. The highest BCUT2D eigenvalue weighted by molar-refractivity contribution is 9.10. The molecule has 0 bridgehead atoms. The highest BCUT2D eigenvalue weighted by Crippen LogP contribution is 2.23. The van der Waals surface area contributed by atoms with Gasteiger partial charge in [0.25, 0.3) is 0 Å². The summed E-state index contributed by atoms with van der Waals surface area (Å²) >= 11 is 3.43. The van der Waals surface area contributed by atoms with Gasteiger partial charge in [-0.3, -0.25) is 0 Å². The van der Waals surface area contributed by atoms with Crippen molar-refractivity contribution in [3.8, 4) is 11.1 Å². The van der Waals surface area contributed by atoms with Crippen molar-refractivity contribution in [1.29, 1.82) is 0 Å². The Labute approximate surface area is 107 Å². The third-order valence-electron chi connectivity index (χ3n) is 2.64. The summed E-state index contributed by atoms with van der Waals surface area (Å²) in [6.45, 7) is 3.81. The van der Waals surface area contributed by atoms with Gasteiger partial charge in [0.15, 0.2) is 0 Å². The standard InChI is InChI=1S/C15H15Br/c1-11(2)12-3-5-13(6-4-12)14-7-9-15(16)10-8-14/h3-11H,1-2H3/i11D. The van der Waals surface area contributed by atoms with E-state index in [2.05, 4.69) is 40.2 Å². The Morgan fingerprint density at radius 3 is 1.75 bits per heavy atom. The van der Waals surface area contributed by atoms with Crippen molar-refractivity contribution in [2.75, 3.05) is 0 Å². The average Bonchev–Trinajstić information content (AvgIpc) is 2.29. The molecule has 1 heteroatoms. The summed E-state index contributed by atoms with van der Waals surface area (Å²) in [5.74, 6) is -0.530. The SMILES string of the molecule is [2H]C(C)(C)c1ccc(-c2ccc(Br)cc2)cc1. The van der Waals surface area contributed by atoms with Gasteiger partial charge in [0.05, 0.1) is 0 Å². The van der Waals surface area contributed by atoms with Crippen LogP contribution in [0.25, 0.3) is 11.1 Å². The summed E-state index contributed by atoms with van der Waals surface area (Å²) < 4.78 is 9.06. The molecule has 0 aliphatic carbocycles. The van der Waals surface area contributed by atoms with Gasteiger partial charge in [-0.1, -0.05) is 66.2 Å². The molecule has 82 valence electrons. The first-order valence-corrected chi connectivity index (χ1v) is 6.12. The fourth-order valence-corrected chi connectivity index (χ4v) is 1.90. The first-order valence-electron chi connectivity index (χ1n) is 5.83. The van der Waals surface area contributed by atoms with Crippen molar-refractivity contribution in [3.63, 3.8) is 0 Å². The van der Waals surface area contributed by atoms with Crippen LogP contribution in [0.15, 0.2) is 53.0 Å². The molecule has 0 saturated carbocycles. The Kier molecular flexibility index (Phi) is 3.05. The van der Waals surface area contributed by atoms with Gasteiger partial charge < -0.3 is 0 Å². The third kappa shape index (κ3) is 2.53. The van der Waals surface area contributed by atoms with Crippen LogP contribution in [0.5, 0.6) is 0 Å². The zero-order valence-electron chi connectivity index (χ0n) is 10.5. The molecule has 0 unspecified atom stereocenters. The fourth-order valence-electron chi connectivity index (χ4n) is 1.64. The molecular weight excluding hydrogens is 260 g/mol. The molecule has 0 nitrogen and oxygen atoms in total. The van der Waals surface area contributed by atoms with Crippen LogP contribution in [0, 0.1) is 0 Å². The molecule has 2 rings (SSSR count). The quantitative estimate of drug-likeness (QED) is 0.703. The predicted octanol–water partition coefficient (Wildman–Crippen LogP) is 5.24. The minimum atomic E-state index is -0.530. The first kappa shape index (κ1) is 10.1. The van der Waals surface area contributed by atoms with Crippen LogP contribution in [0.1, 0.15) is 26.7 Å². The van der Waals surface area contributed by atoms with E-state index >= 15 is 0 Å². The van der Waals surface area contributed by atoms with Crippen molar-refractivity contribution >= 4 is 15.9 Å². The number of halogens is 1. The van der Waals surface area contributed by atoms with Crippen molar-refractivity contribution < 1.29 is 1.37 Å². The van der Waals surface area contributed by atoms with E-state index in [4.69, 9.17) is 1.37 Å². The highest BCUT2D eigenvalue weighted by Gasteiger charge is 2.00. The molecule has 0 N–H and O–H groups in total. The molecule has 0 spiro atoms. The molecule has 0 fully saturated rings. The van der Waals surface area contributed by atoms with Gasteiger partial charge in [-0.15, -0.1) is 0 Å². The summed E-state index contributed by atoms with van der Waals surface area (Å²) in [5, 5.41) is 0. The monoisotopic (exact) mass is 275 g/mol.